The summed E-state index contributed by atoms with van der Waals surface area (Å²) in [6, 6.07) is 0. The molecule has 1 aliphatic heterocycles. The number of rotatable bonds is 0. The number of hydrogen-bond donors (Lipinski definition) is 1. The second kappa shape index (κ2) is 2.76. The summed E-state index contributed by atoms with van der Waals surface area (Å²) in [6.45, 7) is 0.854. The lowest BCUT2D eigenvalue weighted by molar-refractivity contribution is -0.163. The summed E-state index contributed by atoms with van der Waals surface area (Å²) in [4.78, 5) is 0. The molecular formula is C9H16O2. The molecule has 0 unspecified atom stereocenters. The molecule has 0 bridgehead atoms. The van der Waals surface area contributed by atoms with Crippen molar-refractivity contribution < 1.29 is 9.84 Å². The predicted molar refractivity (Wildman–Crippen MR) is 42.4 cm³/mol. The Morgan fingerprint density at radius 1 is 1.18 bits per heavy atom. The van der Waals surface area contributed by atoms with Crippen molar-refractivity contribution in [3.05, 3.63) is 0 Å². The molecule has 2 nitrogen and oxygen atoms in total. The van der Waals surface area contributed by atoms with Crippen LogP contribution < -0.4 is 0 Å². The van der Waals surface area contributed by atoms with E-state index in [1.165, 1.54) is 12.8 Å². The van der Waals surface area contributed by atoms with Gasteiger partial charge < -0.3 is 9.84 Å². The molecule has 1 N–H and O–H groups in total. The van der Waals surface area contributed by atoms with Crippen molar-refractivity contribution in [2.24, 2.45) is 0 Å². The van der Waals surface area contributed by atoms with Gasteiger partial charge in [0.1, 0.15) is 0 Å². The smallest absolute Gasteiger partial charge is 0.0909 e. The summed E-state index contributed by atoms with van der Waals surface area (Å²) in [7, 11) is 0. The Morgan fingerprint density at radius 2 is 2.00 bits per heavy atom. The zero-order chi connectivity index (χ0) is 7.73. The van der Waals surface area contributed by atoms with Gasteiger partial charge in [0.25, 0.3) is 0 Å². The lowest BCUT2D eigenvalue weighted by atomic mass is 9.78. The van der Waals surface area contributed by atoms with Crippen LogP contribution in [0.15, 0.2) is 0 Å². The van der Waals surface area contributed by atoms with E-state index in [1.807, 2.05) is 0 Å². The maximum atomic E-state index is 10.1. The van der Waals surface area contributed by atoms with Gasteiger partial charge in [-0.05, 0) is 25.7 Å². The molecule has 2 fully saturated rings. The minimum Gasteiger partial charge on any atom is -0.387 e. The fraction of sp³-hybridized carbons (Fsp3) is 1.00. The first kappa shape index (κ1) is 7.56. The largest absolute Gasteiger partial charge is 0.387 e. The van der Waals surface area contributed by atoms with Crippen LogP contribution in [-0.2, 0) is 4.74 Å². The van der Waals surface area contributed by atoms with E-state index in [-0.39, 0.29) is 6.10 Å². The Balaban J connectivity index is 2.06. The quantitative estimate of drug-likeness (QED) is 0.575. The summed E-state index contributed by atoms with van der Waals surface area (Å²) in [5, 5.41) is 10.1. The van der Waals surface area contributed by atoms with Crippen molar-refractivity contribution in [1.29, 1.82) is 0 Å². The maximum absolute atomic E-state index is 10.1. The third-order valence-electron chi connectivity index (χ3n) is 3.00. The van der Waals surface area contributed by atoms with Gasteiger partial charge in [-0.1, -0.05) is 12.8 Å². The molecule has 2 aliphatic rings. The highest BCUT2D eigenvalue weighted by molar-refractivity contribution is 4.93. The van der Waals surface area contributed by atoms with Gasteiger partial charge in [-0.3, -0.25) is 0 Å². The standard InChI is InChI=1S/C9H16O2/c10-9-5-2-1-4-8(9)11-7-3-6-9/h8,10H,1-7H2/t8-,9-/m1/s1. The Labute approximate surface area is 67.6 Å². The second-order valence-corrected chi connectivity index (χ2v) is 3.81. The third-order valence-corrected chi connectivity index (χ3v) is 3.00. The second-order valence-electron chi connectivity index (χ2n) is 3.81. The molecule has 0 aromatic carbocycles. The molecule has 1 heterocycles. The minimum absolute atomic E-state index is 0.157. The molecule has 2 atom stereocenters. The predicted octanol–water partition coefficient (Wildman–Crippen LogP) is 1.47. The van der Waals surface area contributed by atoms with Crippen LogP contribution in [0.4, 0.5) is 0 Å². The van der Waals surface area contributed by atoms with E-state index in [0.717, 1.165) is 32.3 Å². The van der Waals surface area contributed by atoms with Crippen LogP contribution in [0.2, 0.25) is 0 Å². The first-order chi connectivity index (χ1) is 5.31. The normalized spacial score (nSPS) is 45.0. The fourth-order valence-corrected chi connectivity index (χ4v) is 2.32. The van der Waals surface area contributed by atoms with Crippen molar-refractivity contribution in [2.75, 3.05) is 6.61 Å². The van der Waals surface area contributed by atoms with Crippen molar-refractivity contribution in [3.63, 3.8) is 0 Å². The van der Waals surface area contributed by atoms with Crippen LogP contribution in [-0.4, -0.2) is 23.4 Å². The lowest BCUT2D eigenvalue weighted by Gasteiger charge is -2.43. The maximum Gasteiger partial charge on any atom is 0.0909 e. The molecule has 2 rings (SSSR count). The highest BCUT2D eigenvalue weighted by atomic mass is 16.5. The van der Waals surface area contributed by atoms with Crippen LogP contribution in [0.5, 0.6) is 0 Å². The van der Waals surface area contributed by atoms with Crippen molar-refractivity contribution in [2.45, 2.75) is 50.2 Å². The first-order valence-corrected chi connectivity index (χ1v) is 4.65. The Morgan fingerprint density at radius 3 is 2.82 bits per heavy atom. The Hall–Kier alpha value is -0.0800. The first-order valence-electron chi connectivity index (χ1n) is 4.65. The Kier molecular flexibility index (Phi) is 1.90. The number of fused-ring (bicyclic) bond motifs is 1. The van der Waals surface area contributed by atoms with Crippen molar-refractivity contribution in [1.82, 2.24) is 0 Å². The summed E-state index contributed by atoms with van der Waals surface area (Å²) in [6.07, 6.45) is 6.58. The van der Waals surface area contributed by atoms with E-state index in [9.17, 15) is 5.11 Å². The molecule has 0 aromatic heterocycles. The summed E-state index contributed by atoms with van der Waals surface area (Å²) >= 11 is 0. The average Bonchev–Trinajstić information content (AvgIpc) is 2.03. The van der Waals surface area contributed by atoms with Gasteiger partial charge in [-0.25, -0.2) is 0 Å². The van der Waals surface area contributed by atoms with Crippen LogP contribution in [0.25, 0.3) is 0 Å². The van der Waals surface area contributed by atoms with E-state index in [0.29, 0.717) is 0 Å². The molecule has 64 valence electrons. The lowest BCUT2D eigenvalue weighted by Crippen LogP contribution is -2.49. The summed E-state index contributed by atoms with van der Waals surface area (Å²) < 4.78 is 5.53. The van der Waals surface area contributed by atoms with Crippen molar-refractivity contribution in [3.8, 4) is 0 Å². The fourth-order valence-electron chi connectivity index (χ4n) is 2.32. The van der Waals surface area contributed by atoms with E-state index < -0.39 is 5.60 Å². The highest BCUT2D eigenvalue weighted by Crippen LogP contribution is 2.36. The van der Waals surface area contributed by atoms with Gasteiger partial charge in [-0.15, -0.1) is 0 Å². The molecule has 11 heavy (non-hydrogen) atoms. The molecule has 1 aliphatic carbocycles. The third kappa shape index (κ3) is 1.30. The van der Waals surface area contributed by atoms with Crippen LogP contribution in [0, 0.1) is 0 Å². The molecular weight excluding hydrogens is 140 g/mol. The van der Waals surface area contributed by atoms with E-state index in [2.05, 4.69) is 0 Å². The zero-order valence-electron chi connectivity index (χ0n) is 6.88. The van der Waals surface area contributed by atoms with Crippen molar-refractivity contribution >= 4 is 0 Å². The SMILES string of the molecule is O[C@@]12CCCC[C@H]1OCCC2. The number of ether oxygens (including phenoxy) is 1. The van der Waals surface area contributed by atoms with Gasteiger partial charge in [0.05, 0.1) is 11.7 Å². The number of hydrogen-bond acceptors (Lipinski definition) is 2. The molecule has 2 heteroatoms. The molecule has 1 saturated heterocycles. The van der Waals surface area contributed by atoms with Gasteiger partial charge in [0.2, 0.25) is 0 Å². The van der Waals surface area contributed by atoms with Crippen LogP contribution in [0.3, 0.4) is 0 Å². The summed E-state index contributed by atoms with van der Waals surface area (Å²) in [5.41, 5.74) is -0.448. The van der Waals surface area contributed by atoms with Crippen LogP contribution in [0.1, 0.15) is 38.5 Å². The van der Waals surface area contributed by atoms with Crippen LogP contribution >= 0.6 is 0 Å². The summed E-state index contributed by atoms with van der Waals surface area (Å²) in [5.74, 6) is 0. The van der Waals surface area contributed by atoms with Gasteiger partial charge >= 0.3 is 0 Å². The zero-order valence-corrected chi connectivity index (χ0v) is 6.88. The van der Waals surface area contributed by atoms with E-state index in [4.69, 9.17) is 4.74 Å². The van der Waals surface area contributed by atoms with E-state index >= 15 is 0 Å². The molecule has 0 spiro atoms. The molecule has 0 aromatic rings. The minimum atomic E-state index is -0.448. The average molecular weight is 156 g/mol. The molecule has 0 radical (unpaired) electrons. The van der Waals surface area contributed by atoms with Gasteiger partial charge in [0.15, 0.2) is 0 Å². The molecule has 0 amide bonds. The topological polar surface area (TPSA) is 29.5 Å². The van der Waals surface area contributed by atoms with Gasteiger partial charge in [0, 0.05) is 6.61 Å². The molecule has 1 saturated carbocycles. The monoisotopic (exact) mass is 156 g/mol. The van der Waals surface area contributed by atoms with Gasteiger partial charge in [-0.2, -0.15) is 0 Å². The highest BCUT2D eigenvalue weighted by Gasteiger charge is 2.41. The Bertz CT molecular complexity index is 132. The van der Waals surface area contributed by atoms with E-state index in [1.54, 1.807) is 0 Å². The number of aliphatic hydroxyl groups is 1.